The minimum atomic E-state index is 1.08. The smallest absolute Gasteiger partial charge is 0.0794 e. The molecule has 9 aromatic carbocycles. The molecule has 66 heavy (non-hydrogen) atoms. The van der Waals surface area contributed by atoms with E-state index in [4.69, 9.17) is 9.97 Å². The van der Waals surface area contributed by atoms with Crippen LogP contribution in [0.5, 0.6) is 0 Å². The maximum absolute atomic E-state index is 5.87. The maximum atomic E-state index is 5.87. The van der Waals surface area contributed by atoms with E-state index in [0.29, 0.717) is 0 Å². The van der Waals surface area contributed by atoms with Gasteiger partial charge in [0.05, 0.1) is 22.8 Å². The summed E-state index contributed by atoms with van der Waals surface area (Å²) < 4.78 is 0. The van der Waals surface area contributed by atoms with Crippen LogP contribution in [0.4, 0.5) is 0 Å². The van der Waals surface area contributed by atoms with E-state index >= 15 is 0 Å². The summed E-state index contributed by atoms with van der Waals surface area (Å²) in [7, 11) is 0. The molecule has 0 aliphatic rings. The van der Waals surface area contributed by atoms with Crippen molar-refractivity contribution in [3.05, 3.63) is 162 Å². The fourth-order valence-electron chi connectivity index (χ4n) is 12.2. The number of rotatable bonds is 4. The first-order valence-electron chi connectivity index (χ1n) is 23.8. The van der Waals surface area contributed by atoms with Crippen molar-refractivity contribution in [2.75, 3.05) is 0 Å². The first-order valence-corrected chi connectivity index (χ1v) is 23.8. The molecule has 2 nitrogen and oxygen atoms in total. The molecule has 0 bridgehead atoms. The summed E-state index contributed by atoms with van der Waals surface area (Å²) in [6.45, 7) is 36.3. The van der Waals surface area contributed by atoms with Crippen LogP contribution in [-0.4, -0.2) is 9.97 Å². The Bertz CT molecular complexity index is 3360. The number of pyridine rings is 2. The molecule has 0 aliphatic heterocycles. The van der Waals surface area contributed by atoms with Gasteiger partial charge in [0.2, 0.25) is 0 Å². The van der Waals surface area contributed by atoms with Crippen molar-refractivity contribution in [2.24, 2.45) is 0 Å². The van der Waals surface area contributed by atoms with Gasteiger partial charge in [-0.1, -0.05) is 72.8 Å². The SMILES string of the molecule is Cc1cc(C)c(C)c(-c2nc(-c3c(C)c(C)cc(C)c3C)c3ccc4c5ccc6c(-c7c(C)c(C)cc(C)c7C)nc(-c7c(C)c(C)cc(C)c7C)c7ccc(c8ccc2c3c84)c5c76)c1C. The van der Waals surface area contributed by atoms with Gasteiger partial charge in [0.15, 0.2) is 0 Å². The predicted molar refractivity (Wildman–Crippen MR) is 287 cm³/mol. The van der Waals surface area contributed by atoms with Gasteiger partial charge in [-0.25, -0.2) is 9.97 Å². The Kier molecular flexibility index (Phi) is 9.19. The minimum absolute atomic E-state index is 1.08. The molecule has 2 aromatic heterocycles. The summed E-state index contributed by atoms with van der Waals surface area (Å²) in [6.07, 6.45) is 0. The lowest BCUT2D eigenvalue weighted by Gasteiger charge is -2.25. The molecule has 0 N–H and O–H groups in total. The van der Waals surface area contributed by atoms with E-state index in [1.807, 2.05) is 0 Å². The zero-order valence-electron chi connectivity index (χ0n) is 41.8. The number of aromatic nitrogens is 2. The maximum Gasteiger partial charge on any atom is 0.0794 e. The van der Waals surface area contributed by atoms with E-state index in [9.17, 15) is 0 Å². The molecule has 11 aromatic rings. The lowest BCUT2D eigenvalue weighted by molar-refractivity contribution is 1.21. The molecule has 0 aliphatic carbocycles. The van der Waals surface area contributed by atoms with Crippen molar-refractivity contribution in [1.82, 2.24) is 9.97 Å². The monoisotopic (exact) mass is 856 g/mol. The van der Waals surface area contributed by atoms with Gasteiger partial charge in [-0.3, -0.25) is 0 Å². The van der Waals surface area contributed by atoms with Crippen LogP contribution in [0.15, 0.2) is 72.8 Å². The van der Waals surface area contributed by atoms with Gasteiger partial charge >= 0.3 is 0 Å². The van der Waals surface area contributed by atoms with E-state index in [1.54, 1.807) is 0 Å². The van der Waals surface area contributed by atoms with E-state index < -0.39 is 0 Å². The number of nitrogens with zero attached hydrogens (tertiary/aromatic N) is 2. The van der Waals surface area contributed by atoms with Crippen molar-refractivity contribution in [1.29, 1.82) is 0 Å². The second-order valence-electron chi connectivity index (χ2n) is 20.3. The van der Waals surface area contributed by atoms with Crippen molar-refractivity contribution in [2.45, 2.75) is 111 Å². The van der Waals surface area contributed by atoms with Crippen LogP contribution >= 0.6 is 0 Å². The molecule has 2 heteroatoms. The van der Waals surface area contributed by atoms with E-state index in [1.165, 1.54) is 176 Å². The second-order valence-corrected chi connectivity index (χ2v) is 20.3. The Labute approximate surface area is 390 Å². The summed E-state index contributed by atoms with van der Waals surface area (Å²) in [5.41, 5.74) is 30.1. The third-order valence-electron chi connectivity index (χ3n) is 16.8. The van der Waals surface area contributed by atoms with Gasteiger partial charge in [-0.2, -0.15) is 0 Å². The quantitative estimate of drug-likeness (QED) is 0.130. The highest BCUT2D eigenvalue weighted by Crippen LogP contribution is 2.52. The number of benzene rings is 9. The fourth-order valence-corrected chi connectivity index (χ4v) is 12.2. The molecule has 0 saturated heterocycles. The zero-order chi connectivity index (χ0) is 46.7. The first-order chi connectivity index (χ1) is 31.4. The highest BCUT2D eigenvalue weighted by Gasteiger charge is 2.28. The Balaban J connectivity index is 1.36. The Morgan fingerprint density at radius 3 is 0.545 bits per heavy atom. The van der Waals surface area contributed by atoms with Crippen LogP contribution in [0, 0.1) is 111 Å². The number of fused-ring (bicyclic) bond motifs is 2. The lowest BCUT2D eigenvalue weighted by atomic mass is 9.81. The summed E-state index contributed by atoms with van der Waals surface area (Å²) in [5.74, 6) is 0. The molecule has 0 radical (unpaired) electrons. The normalized spacial score (nSPS) is 12.2. The number of aryl methyl sites for hydroxylation is 8. The molecule has 0 amide bonds. The van der Waals surface area contributed by atoms with Crippen molar-refractivity contribution in [3.8, 4) is 45.0 Å². The predicted octanol–water partition coefficient (Wildman–Crippen LogP) is 17.9. The summed E-state index contributed by atoms with van der Waals surface area (Å²) in [4.78, 5) is 11.7. The van der Waals surface area contributed by atoms with E-state index in [-0.39, 0.29) is 0 Å². The van der Waals surface area contributed by atoms with Crippen LogP contribution in [0.1, 0.15) is 89.0 Å². The molecular formula is C64H60N2. The van der Waals surface area contributed by atoms with E-state index in [0.717, 1.165) is 22.8 Å². The highest BCUT2D eigenvalue weighted by molar-refractivity contribution is 6.41. The minimum Gasteiger partial charge on any atom is -0.246 e. The molecule has 0 unspecified atom stereocenters. The lowest BCUT2D eigenvalue weighted by Crippen LogP contribution is -2.04. The van der Waals surface area contributed by atoms with Crippen LogP contribution in [0.2, 0.25) is 0 Å². The molecule has 0 saturated carbocycles. The number of hydrogen-bond donors (Lipinski definition) is 0. The van der Waals surface area contributed by atoms with Crippen molar-refractivity contribution in [3.63, 3.8) is 0 Å². The van der Waals surface area contributed by atoms with E-state index in [2.05, 4.69) is 184 Å². The Hall–Kier alpha value is -6.64. The molecule has 11 rings (SSSR count). The molecule has 0 fully saturated rings. The fraction of sp³-hybridized carbons (Fsp3) is 0.250. The molecule has 2 heterocycles. The summed E-state index contributed by atoms with van der Waals surface area (Å²) in [6, 6.07) is 28.6. The van der Waals surface area contributed by atoms with Gasteiger partial charge in [-0.15, -0.1) is 0 Å². The van der Waals surface area contributed by atoms with Gasteiger partial charge < -0.3 is 0 Å². The van der Waals surface area contributed by atoms with Crippen molar-refractivity contribution < 1.29 is 0 Å². The Morgan fingerprint density at radius 2 is 0.364 bits per heavy atom. The van der Waals surface area contributed by atoms with Crippen LogP contribution in [0.25, 0.3) is 110 Å². The van der Waals surface area contributed by atoms with Gasteiger partial charge in [-0.05, 0) is 232 Å². The standard InChI is InChI=1S/C64H60N2/c1-29-25-30(2)38(10)53(37(29)9)61-49-21-17-45-47-19-23-51-60-52(64(56-43(15)35(7)28-36(8)44(56)16)66-63(51)55-41(13)33(5)27-34(6)42(55)14)24-20-48(58(47)60)46-18-22-50(59(49)57(45)46)62(65-61)54-39(11)31(3)26-32(4)40(54)12/h17-28H,1-16H3. The summed E-state index contributed by atoms with van der Waals surface area (Å²) in [5, 5.41) is 15.2. The highest BCUT2D eigenvalue weighted by atomic mass is 14.7. The molecule has 0 spiro atoms. The summed E-state index contributed by atoms with van der Waals surface area (Å²) >= 11 is 0. The molecular weight excluding hydrogens is 797 g/mol. The topological polar surface area (TPSA) is 25.8 Å². The first kappa shape index (κ1) is 42.0. The van der Waals surface area contributed by atoms with Crippen LogP contribution in [0.3, 0.4) is 0 Å². The number of hydrogen-bond acceptors (Lipinski definition) is 2. The average molecular weight is 857 g/mol. The zero-order valence-corrected chi connectivity index (χ0v) is 41.8. The average Bonchev–Trinajstić information content (AvgIpc) is 3.29. The van der Waals surface area contributed by atoms with Gasteiger partial charge in [0.25, 0.3) is 0 Å². The molecule has 326 valence electrons. The largest absolute Gasteiger partial charge is 0.246 e. The van der Waals surface area contributed by atoms with Crippen LogP contribution < -0.4 is 0 Å². The van der Waals surface area contributed by atoms with Gasteiger partial charge in [0, 0.05) is 54.6 Å². The Morgan fingerprint density at radius 1 is 0.212 bits per heavy atom. The molecule has 0 atom stereocenters. The van der Waals surface area contributed by atoms with Crippen molar-refractivity contribution >= 4 is 64.6 Å². The second kappa shape index (κ2) is 14.4. The third kappa shape index (κ3) is 5.54. The third-order valence-corrected chi connectivity index (χ3v) is 16.8. The van der Waals surface area contributed by atoms with Crippen LogP contribution in [-0.2, 0) is 0 Å². The van der Waals surface area contributed by atoms with Gasteiger partial charge in [0.1, 0.15) is 0 Å².